The maximum Gasteiger partial charge on any atom is 0.270 e. The first-order chi connectivity index (χ1) is 15.8. The number of ether oxygens (including phenoxy) is 1. The maximum absolute atomic E-state index is 13.0. The van der Waals surface area contributed by atoms with Gasteiger partial charge in [-0.3, -0.25) is 19.8 Å². The van der Waals surface area contributed by atoms with Crippen LogP contribution < -0.4 is 0 Å². The summed E-state index contributed by atoms with van der Waals surface area (Å²) in [4.78, 5) is 27.2. The van der Waals surface area contributed by atoms with Gasteiger partial charge in [0, 0.05) is 63.5 Å². The number of non-ortho nitro benzene ring substituents is 1. The van der Waals surface area contributed by atoms with Crippen molar-refractivity contribution in [1.29, 1.82) is 0 Å². The summed E-state index contributed by atoms with van der Waals surface area (Å²) in [5, 5.41) is 11.0. The molecule has 2 aliphatic heterocycles. The number of morpholine rings is 1. The summed E-state index contributed by atoms with van der Waals surface area (Å²) in [6.07, 6.45) is 0. The van der Waals surface area contributed by atoms with E-state index in [0.29, 0.717) is 18.8 Å². The molecular formula is C22H26N4O6S. The molecule has 0 unspecified atom stereocenters. The predicted octanol–water partition coefficient (Wildman–Crippen LogP) is 1.57. The second-order valence-electron chi connectivity index (χ2n) is 8.04. The molecule has 33 heavy (non-hydrogen) atoms. The Bertz CT molecular complexity index is 1130. The van der Waals surface area contributed by atoms with Gasteiger partial charge in [0.1, 0.15) is 0 Å². The maximum atomic E-state index is 13.0. The van der Waals surface area contributed by atoms with E-state index in [0.717, 1.165) is 31.3 Å². The Morgan fingerprint density at radius 1 is 0.970 bits per heavy atom. The number of nitro benzene ring substituents is 1. The molecule has 2 aromatic carbocycles. The zero-order chi connectivity index (χ0) is 23.4. The average Bonchev–Trinajstić information content (AvgIpc) is 2.84. The van der Waals surface area contributed by atoms with Crippen LogP contribution >= 0.6 is 0 Å². The van der Waals surface area contributed by atoms with Gasteiger partial charge >= 0.3 is 0 Å². The van der Waals surface area contributed by atoms with Gasteiger partial charge < -0.3 is 9.64 Å². The zero-order valence-corrected chi connectivity index (χ0v) is 18.9. The second-order valence-corrected chi connectivity index (χ2v) is 9.98. The summed E-state index contributed by atoms with van der Waals surface area (Å²) in [7, 11) is -3.88. The van der Waals surface area contributed by atoms with Crippen molar-refractivity contribution in [2.45, 2.75) is 11.4 Å². The highest BCUT2D eigenvalue weighted by molar-refractivity contribution is 7.89. The molecule has 0 bridgehead atoms. The van der Waals surface area contributed by atoms with Gasteiger partial charge in [-0.25, -0.2) is 8.42 Å². The Labute approximate surface area is 192 Å². The van der Waals surface area contributed by atoms with Gasteiger partial charge in [-0.1, -0.05) is 18.2 Å². The van der Waals surface area contributed by atoms with E-state index in [1.165, 1.54) is 22.5 Å². The molecule has 0 aliphatic carbocycles. The molecule has 0 atom stereocenters. The minimum atomic E-state index is -3.88. The fourth-order valence-corrected chi connectivity index (χ4v) is 5.50. The van der Waals surface area contributed by atoms with Crippen LogP contribution in [0.4, 0.5) is 5.69 Å². The van der Waals surface area contributed by atoms with Crippen LogP contribution in [-0.4, -0.2) is 85.8 Å². The van der Waals surface area contributed by atoms with E-state index in [1.807, 2.05) is 18.2 Å². The first-order valence-electron chi connectivity index (χ1n) is 10.8. The first-order valence-corrected chi connectivity index (χ1v) is 12.2. The van der Waals surface area contributed by atoms with E-state index < -0.39 is 14.9 Å². The Morgan fingerprint density at radius 2 is 1.67 bits per heavy atom. The number of carbonyl (C=O) groups is 1. The molecule has 2 saturated heterocycles. The smallest absolute Gasteiger partial charge is 0.270 e. The second kappa shape index (κ2) is 9.96. The van der Waals surface area contributed by atoms with Gasteiger partial charge in [-0.2, -0.15) is 4.31 Å². The lowest BCUT2D eigenvalue weighted by molar-refractivity contribution is -0.385. The minimum absolute atomic E-state index is 0.118. The molecule has 2 fully saturated rings. The van der Waals surface area contributed by atoms with Crippen LogP contribution in [-0.2, 0) is 21.3 Å². The van der Waals surface area contributed by atoms with E-state index >= 15 is 0 Å². The third-order valence-electron chi connectivity index (χ3n) is 5.88. The number of piperazine rings is 1. The Hall–Kier alpha value is -2.86. The highest BCUT2D eigenvalue weighted by Gasteiger charge is 2.31. The molecule has 10 nitrogen and oxygen atoms in total. The molecule has 11 heteroatoms. The molecule has 0 spiro atoms. The molecule has 0 saturated carbocycles. The van der Waals surface area contributed by atoms with Gasteiger partial charge in [0.05, 0.1) is 23.0 Å². The topological polar surface area (TPSA) is 113 Å². The van der Waals surface area contributed by atoms with Crippen LogP contribution in [0.2, 0.25) is 0 Å². The van der Waals surface area contributed by atoms with Crippen LogP contribution in [0.1, 0.15) is 15.9 Å². The Balaban J connectivity index is 1.39. The quantitative estimate of drug-likeness (QED) is 0.461. The van der Waals surface area contributed by atoms with E-state index in [4.69, 9.17) is 4.74 Å². The molecule has 0 N–H and O–H groups in total. The van der Waals surface area contributed by atoms with Crippen molar-refractivity contribution >= 4 is 21.6 Å². The molecule has 0 aromatic heterocycles. The fraction of sp³-hybridized carbons (Fsp3) is 0.409. The lowest BCUT2D eigenvalue weighted by atomic mass is 10.1. The summed E-state index contributed by atoms with van der Waals surface area (Å²) in [5.74, 6) is -0.133. The average molecular weight is 475 g/mol. The number of amides is 1. The van der Waals surface area contributed by atoms with Crippen LogP contribution in [0.5, 0.6) is 0 Å². The molecule has 176 valence electrons. The van der Waals surface area contributed by atoms with Crippen LogP contribution in [0, 0.1) is 10.1 Å². The monoisotopic (exact) mass is 474 g/mol. The number of hydrogen-bond acceptors (Lipinski definition) is 7. The normalized spacial score (nSPS) is 18.2. The molecule has 2 aliphatic rings. The lowest BCUT2D eigenvalue weighted by Crippen LogP contribution is -2.50. The lowest BCUT2D eigenvalue weighted by Gasteiger charge is -2.34. The highest BCUT2D eigenvalue weighted by atomic mass is 32.2. The van der Waals surface area contributed by atoms with Crippen LogP contribution in [0.15, 0.2) is 53.4 Å². The number of nitro groups is 1. The first kappa shape index (κ1) is 23.3. The van der Waals surface area contributed by atoms with E-state index in [-0.39, 0.29) is 42.7 Å². The number of sulfonamides is 1. The van der Waals surface area contributed by atoms with E-state index in [2.05, 4.69) is 4.90 Å². The van der Waals surface area contributed by atoms with E-state index in [9.17, 15) is 23.3 Å². The summed E-state index contributed by atoms with van der Waals surface area (Å²) >= 11 is 0. The van der Waals surface area contributed by atoms with Gasteiger partial charge in [-0.15, -0.1) is 0 Å². The summed E-state index contributed by atoms with van der Waals surface area (Å²) in [6.45, 7) is 4.65. The van der Waals surface area contributed by atoms with Crippen molar-refractivity contribution in [1.82, 2.24) is 14.1 Å². The van der Waals surface area contributed by atoms with Crippen LogP contribution in [0.25, 0.3) is 0 Å². The van der Waals surface area contributed by atoms with Crippen molar-refractivity contribution in [3.8, 4) is 0 Å². The van der Waals surface area contributed by atoms with Gasteiger partial charge in [0.15, 0.2) is 0 Å². The largest absolute Gasteiger partial charge is 0.379 e. The molecule has 2 heterocycles. The third kappa shape index (κ3) is 5.38. The molecular weight excluding hydrogens is 448 g/mol. The number of benzene rings is 2. The van der Waals surface area contributed by atoms with Crippen LogP contribution in [0.3, 0.4) is 0 Å². The van der Waals surface area contributed by atoms with Crippen molar-refractivity contribution < 1.29 is 22.9 Å². The fourth-order valence-electron chi connectivity index (χ4n) is 4.04. The molecule has 4 rings (SSSR count). The van der Waals surface area contributed by atoms with Crippen molar-refractivity contribution in [2.24, 2.45) is 0 Å². The summed E-state index contributed by atoms with van der Waals surface area (Å²) in [6, 6.07) is 12.5. The zero-order valence-electron chi connectivity index (χ0n) is 18.1. The van der Waals surface area contributed by atoms with Gasteiger partial charge in [0.25, 0.3) is 11.6 Å². The molecule has 2 aromatic rings. The third-order valence-corrected chi connectivity index (χ3v) is 7.77. The molecule has 0 radical (unpaired) electrons. The molecule has 1 amide bonds. The number of carbonyl (C=O) groups excluding carboxylic acids is 1. The van der Waals surface area contributed by atoms with Gasteiger partial charge in [-0.05, 0) is 23.8 Å². The van der Waals surface area contributed by atoms with Gasteiger partial charge in [0.2, 0.25) is 10.0 Å². The van der Waals surface area contributed by atoms with Crippen molar-refractivity contribution in [3.63, 3.8) is 0 Å². The number of nitrogens with zero attached hydrogens (tertiary/aromatic N) is 4. The number of hydrogen-bond donors (Lipinski definition) is 0. The summed E-state index contributed by atoms with van der Waals surface area (Å²) < 4.78 is 32.5. The minimum Gasteiger partial charge on any atom is -0.379 e. The van der Waals surface area contributed by atoms with Crippen molar-refractivity contribution in [3.05, 3.63) is 69.8 Å². The SMILES string of the molecule is O=C(c1cccc(CN2CCOCC2)c1)N1CCN(S(=O)(=O)c2cccc([N+](=O)[O-])c2)CC1. The summed E-state index contributed by atoms with van der Waals surface area (Å²) in [5.41, 5.74) is 1.35. The predicted molar refractivity (Wildman–Crippen MR) is 120 cm³/mol. The standard InChI is InChI=1S/C22H26N4O6S/c27-22(19-4-1-3-18(15-19)17-23-11-13-32-14-12-23)24-7-9-25(10-8-24)33(30,31)21-6-2-5-20(16-21)26(28)29/h1-6,15-16H,7-14,17H2. The number of rotatable bonds is 6. The highest BCUT2D eigenvalue weighted by Crippen LogP contribution is 2.22. The van der Waals surface area contributed by atoms with Crippen molar-refractivity contribution in [2.75, 3.05) is 52.5 Å². The Morgan fingerprint density at radius 3 is 2.36 bits per heavy atom. The van der Waals surface area contributed by atoms with E-state index in [1.54, 1.807) is 11.0 Å². The Kier molecular flexibility index (Phi) is 7.03.